The predicted molar refractivity (Wildman–Crippen MR) is 95.6 cm³/mol. The van der Waals surface area contributed by atoms with Crippen molar-refractivity contribution >= 4 is 16.8 Å². The van der Waals surface area contributed by atoms with Gasteiger partial charge in [-0.1, -0.05) is 13.8 Å². The van der Waals surface area contributed by atoms with E-state index in [0.29, 0.717) is 13.1 Å². The fourth-order valence-electron chi connectivity index (χ4n) is 2.90. The molecule has 0 spiro atoms. The van der Waals surface area contributed by atoms with E-state index in [1.807, 2.05) is 13.8 Å². The molecule has 0 aliphatic heterocycles. The molecule has 1 aromatic carbocycles. The van der Waals surface area contributed by atoms with Crippen LogP contribution in [-0.4, -0.2) is 46.7 Å². The molecule has 1 heterocycles. The number of amides is 1. The summed E-state index contributed by atoms with van der Waals surface area (Å²) in [5, 5.41) is 12.9. The number of aryl methyl sites for hydroxylation is 1. The highest BCUT2D eigenvalue weighted by Gasteiger charge is 2.23. The number of rotatable bonds is 7. The summed E-state index contributed by atoms with van der Waals surface area (Å²) in [5.74, 6) is -3.68. The first-order chi connectivity index (χ1) is 12.3. The minimum Gasteiger partial charge on any atom is -0.506 e. The molecule has 0 radical (unpaired) electrons. The van der Waals surface area contributed by atoms with Gasteiger partial charge in [-0.3, -0.25) is 9.59 Å². The molecule has 0 bridgehead atoms. The van der Waals surface area contributed by atoms with E-state index in [1.165, 1.54) is 0 Å². The summed E-state index contributed by atoms with van der Waals surface area (Å²) in [6.45, 7) is 8.29. The van der Waals surface area contributed by atoms with Crippen molar-refractivity contribution in [2.24, 2.45) is 0 Å². The van der Waals surface area contributed by atoms with E-state index < -0.39 is 34.4 Å². The Bertz CT molecular complexity index is 876. The maximum atomic E-state index is 13.6. The normalized spacial score (nSPS) is 11.3. The molecule has 0 saturated heterocycles. The standard InChI is InChI=1S/C18H23F2N3O3/c1-4-22(5-2)8-7-21-17(25)15-16(24)11-9-12(19)13(20)10-14(11)23(6-3)18(15)26/h9-10,24H,4-8H2,1-3H3,(H,21,25). The van der Waals surface area contributed by atoms with Gasteiger partial charge in [0.15, 0.2) is 11.6 Å². The van der Waals surface area contributed by atoms with E-state index in [2.05, 4.69) is 10.2 Å². The van der Waals surface area contributed by atoms with Crippen molar-refractivity contribution in [3.8, 4) is 5.75 Å². The largest absolute Gasteiger partial charge is 0.506 e. The van der Waals surface area contributed by atoms with Gasteiger partial charge in [-0.25, -0.2) is 8.78 Å². The number of hydrogen-bond acceptors (Lipinski definition) is 4. The van der Waals surface area contributed by atoms with Crippen LogP contribution in [0.1, 0.15) is 31.1 Å². The summed E-state index contributed by atoms with van der Waals surface area (Å²) >= 11 is 0. The Morgan fingerprint density at radius 1 is 1.19 bits per heavy atom. The van der Waals surface area contributed by atoms with E-state index >= 15 is 0 Å². The highest BCUT2D eigenvalue weighted by Crippen LogP contribution is 2.28. The number of nitrogens with zero attached hydrogens (tertiary/aromatic N) is 2. The zero-order chi connectivity index (χ0) is 19.4. The number of carbonyl (C=O) groups is 1. The molecule has 0 fully saturated rings. The zero-order valence-corrected chi connectivity index (χ0v) is 15.1. The van der Waals surface area contributed by atoms with Gasteiger partial charge in [0.25, 0.3) is 11.5 Å². The Morgan fingerprint density at radius 3 is 2.38 bits per heavy atom. The fourth-order valence-corrected chi connectivity index (χ4v) is 2.90. The molecule has 2 N–H and O–H groups in total. The molecule has 6 nitrogen and oxygen atoms in total. The van der Waals surface area contributed by atoms with Gasteiger partial charge in [-0.2, -0.15) is 0 Å². The molecule has 8 heteroatoms. The van der Waals surface area contributed by atoms with E-state index in [0.717, 1.165) is 29.8 Å². The molecule has 0 aliphatic rings. The zero-order valence-electron chi connectivity index (χ0n) is 15.1. The summed E-state index contributed by atoms with van der Waals surface area (Å²) in [6.07, 6.45) is 0. The Morgan fingerprint density at radius 2 is 1.81 bits per heavy atom. The van der Waals surface area contributed by atoms with Crippen molar-refractivity contribution in [1.82, 2.24) is 14.8 Å². The number of hydrogen-bond donors (Lipinski definition) is 2. The van der Waals surface area contributed by atoms with Crippen molar-refractivity contribution in [3.05, 3.63) is 39.7 Å². The molecular weight excluding hydrogens is 344 g/mol. The molecule has 1 amide bonds. The van der Waals surface area contributed by atoms with Crippen LogP contribution in [0.5, 0.6) is 5.75 Å². The van der Waals surface area contributed by atoms with Crippen LogP contribution in [0.25, 0.3) is 10.9 Å². The first-order valence-electron chi connectivity index (χ1n) is 8.60. The van der Waals surface area contributed by atoms with Crippen LogP contribution in [0.15, 0.2) is 16.9 Å². The van der Waals surface area contributed by atoms with E-state index in [1.54, 1.807) is 6.92 Å². The van der Waals surface area contributed by atoms with Crippen LogP contribution in [0, 0.1) is 11.6 Å². The van der Waals surface area contributed by atoms with Gasteiger partial charge < -0.3 is 19.9 Å². The average Bonchev–Trinajstić information content (AvgIpc) is 2.61. The Balaban J connectivity index is 2.45. The smallest absolute Gasteiger partial charge is 0.267 e. The molecule has 2 rings (SSSR count). The highest BCUT2D eigenvalue weighted by molar-refractivity contribution is 6.02. The van der Waals surface area contributed by atoms with Crippen molar-refractivity contribution in [2.45, 2.75) is 27.3 Å². The van der Waals surface area contributed by atoms with E-state index in [4.69, 9.17) is 0 Å². The van der Waals surface area contributed by atoms with Crippen LogP contribution in [0.2, 0.25) is 0 Å². The molecule has 0 aliphatic carbocycles. The van der Waals surface area contributed by atoms with Crippen LogP contribution in [-0.2, 0) is 6.54 Å². The maximum absolute atomic E-state index is 13.6. The molecule has 26 heavy (non-hydrogen) atoms. The number of aromatic hydroxyl groups is 1. The van der Waals surface area contributed by atoms with Gasteiger partial charge in [0.1, 0.15) is 11.3 Å². The molecule has 2 aromatic rings. The summed E-state index contributed by atoms with van der Waals surface area (Å²) in [6, 6.07) is 1.63. The van der Waals surface area contributed by atoms with Crippen LogP contribution < -0.4 is 10.9 Å². The van der Waals surface area contributed by atoms with Gasteiger partial charge in [0.2, 0.25) is 0 Å². The third-order valence-electron chi connectivity index (χ3n) is 4.43. The molecule has 0 atom stereocenters. The summed E-state index contributed by atoms with van der Waals surface area (Å²) in [4.78, 5) is 27.1. The molecular formula is C18H23F2N3O3. The Kier molecular flexibility index (Phi) is 6.31. The third-order valence-corrected chi connectivity index (χ3v) is 4.43. The van der Waals surface area contributed by atoms with E-state index in [9.17, 15) is 23.5 Å². The summed E-state index contributed by atoms with van der Waals surface area (Å²) in [7, 11) is 0. The lowest BCUT2D eigenvalue weighted by atomic mass is 10.1. The molecule has 0 unspecified atom stereocenters. The predicted octanol–water partition coefficient (Wildman–Crippen LogP) is 2.08. The number of benzene rings is 1. The molecule has 142 valence electrons. The van der Waals surface area contributed by atoms with Crippen LogP contribution in [0.3, 0.4) is 0 Å². The topological polar surface area (TPSA) is 74.6 Å². The highest BCUT2D eigenvalue weighted by atomic mass is 19.2. The Hall–Kier alpha value is -2.48. The first kappa shape index (κ1) is 19.8. The number of carbonyl (C=O) groups excluding carboxylic acids is 1. The summed E-state index contributed by atoms with van der Waals surface area (Å²) < 4.78 is 28.3. The number of fused-ring (bicyclic) bond motifs is 1. The lowest BCUT2D eigenvalue weighted by molar-refractivity contribution is 0.0944. The SMILES string of the molecule is CCN(CC)CCNC(=O)c1c(O)c2cc(F)c(F)cc2n(CC)c1=O. The van der Waals surface area contributed by atoms with Gasteiger partial charge in [0, 0.05) is 31.1 Å². The Labute approximate surface area is 150 Å². The number of nitrogens with one attached hydrogen (secondary N) is 1. The number of pyridine rings is 1. The minimum absolute atomic E-state index is 0.0357. The first-order valence-corrected chi connectivity index (χ1v) is 8.60. The van der Waals surface area contributed by atoms with Crippen molar-refractivity contribution in [2.75, 3.05) is 26.2 Å². The van der Waals surface area contributed by atoms with Gasteiger partial charge in [0.05, 0.1) is 5.52 Å². The number of likely N-dealkylation sites (N-methyl/N-ethyl adjacent to an activating group) is 1. The van der Waals surface area contributed by atoms with Crippen LogP contribution >= 0.6 is 0 Å². The maximum Gasteiger partial charge on any atom is 0.267 e. The van der Waals surface area contributed by atoms with Crippen molar-refractivity contribution < 1.29 is 18.7 Å². The number of aromatic nitrogens is 1. The summed E-state index contributed by atoms with van der Waals surface area (Å²) in [5.41, 5.74) is -1.18. The quantitative estimate of drug-likeness (QED) is 0.786. The van der Waals surface area contributed by atoms with Crippen molar-refractivity contribution in [1.29, 1.82) is 0 Å². The van der Waals surface area contributed by atoms with Gasteiger partial charge >= 0.3 is 0 Å². The van der Waals surface area contributed by atoms with Crippen LogP contribution in [0.4, 0.5) is 8.78 Å². The van der Waals surface area contributed by atoms with Gasteiger partial charge in [-0.15, -0.1) is 0 Å². The minimum atomic E-state index is -1.16. The lowest BCUT2D eigenvalue weighted by Gasteiger charge is -2.18. The fraction of sp³-hybridized carbons (Fsp3) is 0.444. The average molecular weight is 367 g/mol. The van der Waals surface area contributed by atoms with Crippen molar-refractivity contribution in [3.63, 3.8) is 0 Å². The molecule has 1 aromatic heterocycles. The third kappa shape index (κ3) is 3.70. The second-order valence-electron chi connectivity index (χ2n) is 5.84. The lowest BCUT2D eigenvalue weighted by Crippen LogP contribution is -2.38. The molecule has 0 saturated carbocycles. The second-order valence-corrected chi connectivity index (χ2v) is 5.84. The van der Waals surface area contributed by atoms with Gasteiger partial charge in [-0.05, 0) is 26.1 Å². The van der Waals surface area contributed by atoms with E-state index in [-0.39, 0.29) is 17.4 Å². The monoisotopic (exact) mass is 367 g/mol. The second kappa shape index (κ2) is 8.27. The number of halogens is 2.